The first-order valence-corrected chi connectivity index (χ1v) is 6.06. The van der Waals surface area contributed by atoms with Crippen molar-refractivity contribution in [2.45, 2.75) is 6.42 Å². The summed E-state index contributed by atoms with van der Waals surface area (Å²) in [6.07, 6.45) is 0.402. The molecule has 0 spiro atoms. The number of carbonyl (C=O) groups is 2. The molecular formula is C14H20N2O3. The van der Waals surface area contributed by atoms with E-state index in [9.17, 15) is 9.59 Å². The van der Waals surface area contributed by atoms with Gasteiger partial charge in [-0.2, -0.15) is 0 Å². The molecule has 0 aliphatic rings. The van der Waals surface area contributed by atoms with E-state index in [1.807, 2.05) is 24.1 Å². The van der Waals surface area contributed by atoms with Crippen LogP contribution in [0.1, 0.15) is 16.8 Å². The number of hydrogen-bond acceptors (Lipinski definition) is 4. The second-order valence-corrected chi connectivity index (χ2v) is 4.47. The Bertz CT molecular complexity index is 458. The first-order valence-electron chi connectivity index (χ1n) is 6.06. The van der Waals surface area contributed by atoms with Crippen molar-refractivity contribution < 1.29 is 14.3 Å². The van der Waals surface area contributed by atoms with Gasteiger partial charge in [-0.25, -0.2) is 4.79 Å². The lowest BCUT2D eigenvalue weighted by Gasteiger charge is -2.22. The Labute approximate surface area is 113 Å². The summed E-state index contributed by atoms with van der Waals surface area (Å²) in [5, 5.41) is 0. The van der Waals surface area contributed by atoms with Crippen molar-refractivity contribution >= 4 is 17.6 Å². The standard InChI is InChI=1S/C14H20N2O3/c1-15(2)13(17)9-10-16(3)12-8-6-5-7-11(12)14(18)19-4/h5-8H,9-10H2,1-4H3. The number of amides is 1. The first kappa shape index (κ1) is 15.0. The zero-order valence-corrected chi connectivity index (χ0v) is 11.8. The number of ether oxygens (including phenoxy) is 1. The number of nitrogens with zero attached hydrogens (tertiary/aromatic N) is 2. The van der Waals surface area contributed by atoms with Crippen molar-refractivity contribution in [2.24, 2.45) is 0 Å². The van der Waals surface area contributed by atoms with Crippen LogP contribution in [0.5, 0.6) is 0 Å². The first-order chi connectivity index (χ1) is 8.97. The molecule has 0 unspecified atom stereocenters. The molecule has 0 aliphatic heterocycles. The predicted molar refractivity (Wildman–Crippen MR) is 74.4 cm³/mol. The fourth-order valence-corrected chi connectivity index (χ4v) is 1.70. The fourth-order valence-electron chi connectivity index (χ4n) is 1.70. The fraction of sp³-hybridized carbons (Fsp3) is 0.429. The van der Waals surface area contributed by atoms with E-state index in [1.54, 1.807) is 31.1 Å². The molecule has 0 bridgehead atoms. The molecule has 0 saturated carbocycles. The number of carbonyl (C=O) groups excluding carboxylic acids is 2. The summed E-state index contributed by atoms with van der Waals surface area (Å²) in [6.45, 7) is 0.547. The third kappa shape index (κ3) is 3.98. The Hall–Kier alpha value is -2.04. The Morgan fingerprint density at radius 1 is 1.16 bits per heavy atom. The summed E-state index contributed by atoms with van der Waals surface area (Å²) < 4.78 is 4.75. The number of para-hydroxylation sites is 1. The third-order valence-electron chi connectivity index (χ3n) is 2.88. The molecular weight excluding hydrogens is 244 g/mol. The van der Waals surface area contributed by atoms with Gasteiger partial charge in [-0.3, -0.25) is 4.79 Å². The number of methoxy groups -OCH3 is 1. The topological polar surface area (TPSA) is 49.9 Å². The van der Waals surface area contributed by atoms with E-state index in [2.05, 4.69) is 0 Å². The van der Waals surface area contributed by atoms with E-state index in [0.717, 1.165) is 5.69 Å². The van der Waals surface area contributed by atoms with Gasteiger partial charge in [0.1, 0.15) is 0 Å². The molecule has 0 N–H and O–H groups in total. The average Bonchev–Trinajstić information content (AvgIpc) is 2.43. The number of esters is 1. The van der Waals surface area contributed by atoms with Crippen molar-refractivity contribution in [1.29, 1.82) is 0 Å². The van der Waals surface area contributed by atoms with Crippen molar-refractivity contribution in [2.75, 3.05) is 39.7 Å². The van der Waals surface area contributed by atoms with E-state index in [4.69, 9.17) is 4.74 Å². The van der Waals surface area contributed by atoms with Crippen molar-refractivity contribution in [3.63, 3.8) is 0 Å². The molecule has 1 aromatic rings. The molecule has 19 heavy (non-hydrogen) atoms. The molecule has 1 aromatic carbocycles. The summed E-state index contributed by atoms with van der Waals surface area (Å²) in [6, 6.07) is 7.19. The normalized spacial score (nSPS) is 9.89. The Balaban J connectivity index is 2.79. The van der Waals surface area contributed by atoms with E-state index in [-0.39, 0.29) is 11.9 Å². The van der Waals surface area contributed by atoms with Crippen LogP contribution < -0.4 is 4.90 Å². The van der Waals surface area contributed by atoms with Crippen LogP contribution in [0.3, 0.4) is 0 Å². The summed E-state index contributed by atoms with van der Waals surface area (Å²) in [4.78, 5) is 26.7. The zero-order chi connectivity index (χ0) is 14.4. The summed E-state index contributed by atoms with van der Waals surface area (Å²) in [5.74, 6) is -0.316. The summed E-state index contributed by atoms with van der Waals surface area (Å²) in [5.41, 5.74) is 1.27. The van der Waals surface area contributed by atoms with Gasteiger partial charge in [0.2, 0.25) is 5.91 Å². The van der Waals surface area contributed by atoms with Gasteiger partial charge in [-0.05, 0) is 12.1 Å². The number of hydrogen-bond donors (Lipinski definition) is 0. The lowest BCUT2D eigenvalue weighted by Crippen LogP contribution is -2.28. The monoisotopic (exact) mass is 264 g/mol. The Morgan fingerprint density at radius 3 is 2.37 bits per heavy atom. The zero-order valence-electron chi connectivity index (χ0n) is 11.8. The second kappa shape index (κ2) is 6.78. The van der Waals surface area contributed by atoms with Crippen molar-refractivity contribution in [3.05, 3.63) is 29.8 Å². The van der Waals surface area contributed by atoms with Gasteiger partial charge in [0.25, 0.3) is 0 Å². The molecule has 0 saturated heterocycles. The number of rotatable bonds is 5. The average molecular weight is 264 g/mol. The van der Waals surface area contributed by atoms with Crippen LogP contribution in [0.4, 0.5) is 5.69 Å². The molecule has 1 rings (SSSR count). The highest BCUT2D eigenvalue weighted by Gasteiger charge is 2.15. The maximum absolute atomic E-state index is 11.7. The van der Waals surface area contributed by atoms with Crippen LogP contribution in [0.15, 0.2) is 24.3 Å². The minimum Gasteiger partial charge on any atom is -0.465 e. The molecule has 5 heteroatoms. The van der Waals surface area contributed by atoms with Gasteiger partial charge < -0.3 is 14.5 Å². The van der Waals surface area contributed by atoms with Crippen LogP contribution in [0, 0.1) is 0 Å². The number of anilines is 1. The van der Waals surface area contributed by atoms with Crippen LogP contribution in [0.2, 0.25) is 0 Å². The van der Waals surface area contributed by atoms with Crippen molar-refractivity contribution in [3.8, 4) is 0 Å². The SMILES string of the molecule is COC(=O)c1ccccc1N(C)CCC(=O)N(C)C. The van der Waals surface area contributed by atoms with Crippen molar-refractivity contribution in [1.82, 2.24) is 4.90 Å². The van der Waals surface area contributed by atoms with Gasteiger partial charge in [-0.1, -0.05) is 12.1 Å². The molecule has 5 nitrogen and oxygen atoms in total. The summed E-state index contributed by atoms with van der Waals surface area (Å²) in [7, 11) is 6.66. The highest BCUT2D eigenvalue weighted by Crippen LogP contribution is 2.20. The van der Waals surface area contributed by atoms with Gasteiger partial charge >= 0.3 is 5.97 Å². The van der Waals surface area contributed by atoms with E-state index >= 15 is 0 Å². The van der Waals surface area contributed by atoms with Crippen LogP contribution >= 0.6 is 0 Å². The molecule has 0 radical (unpaired) electrons. The predicted octanol–water partition coefficient (Wildman–Crippen LogP) is 1.39. The quantitative estimate of drug-likeness (QED) is 0.754. The molecule has 1 amide bonds. The molecule has 0 atom stereocenters. The molecule has 0 aromatic heterocycles. The van der Waals surface area contributed by atoms with E-state index < -0.39 is 0 Å². The highest BCUT2D eigenvalue weighted by molar-refractivity contribution is 5.95. The minimum atomic E-state index is -0.374. The Morgan fingerprint density at radius 2 is 1.79 bits per heavy atom. The van der Waals surface area contributed by atoms with Crippen LogP contribution in [0.25, 0.3) is 0 Å². The third-order valence-corrected chi connectivity index (χ3v) is 2.88. The molecule has 0 fully saturated rings. The number of benzene rings is 1. The maximum atomic E-state index is 11.7. The summed E-state index contributed by atoms with van der Waals surface area (Å²) >= 11 is 0. The second-order valence-electron chi connectivity index (χ2n) is 4.47. The highest BCUT2D eigenvalue weighted by atomic mass is 16.5. The van der Waals surface area contributed by atoms with Gasteiger partial charge in [0.05, 0.1) is 18.4 Å². The van der Waals surface area contributed by atoms with Gasteiger partial charge in [0, 0.05) is 34.1 Å². The maximum Gasteiger partial charge on any atom is 0.339 e. The lowest BCUT2D eigenvalue weighted by molar-refractivity contribution is -0.128. The molecule has 0 aliphatic carbocycles. The van der Waals surface area contributed by atoms with Crippen LogP contribution in [-0.4, -0.2) is 51.6 Å². The van der Waals surface area contributed by atoms with E-state index in [1.165, 1.54) is 7.11 Å². The largest absolute Gasteiger partial charge is 0.465 e. The molecule has 104 valence electrons. The van der Waals surface area contributed by atoms with Gasteiger partial charge in [-0.15, -0.1) is 0 Å². The van der Waals surface area contributed by atoms with Gasteiger partial charge in [0.15, 0.2) is 0 Å². The Kier molecular flexibility index (Phi) is 5.36. The smallest absolute Gasteiger partial charge is 0.339 e. The van der Waals surface area contributed by atoms with E-state index in [0.29, 0.717) is 18.5 Å². The molecule has 0 heterocycles. The minimum absolute atomic E-state index is 0.0578. The van der Waals surface area contributed by atoms with Crippen LogP contribution in [-0.2, 0) is 9.53 Å². The lowest BCUT2D eigenvalue weighted by atomic mass is 10.1.